The van der Waals surface area contributed by atoms with E-state index in [9.17, 15) is 5.26 Å². The summed E-state index contributed by atoms with van der Waals surface area (Å²) in [6.07, 6.45) is 0. The van der Waals surface area contributed by atoms with Gasteiger partial charge in [0.2, 0.25) is 0 Å². The lowest BCUT2D eigenvalue weighted by Gasteiger charge is -2.11. The third-order valence-corrected chi connectivity index (χ3v) is 10.3. The quantitative estimate of drug-likeness (QED) is 0.181. The highest BCUT2D eigenvalue weighted by atomic mass is 15.0. The standard InChI is InChI=1S/C49H31N3/c50-32-33-27-38(34-11-3-1-4-12-34)29-39(28-33)35-19-23-41(24-20-35)52-47-18-10-8-16-43(47)45-31-37(22-26-49(45)52)36-21-25-48-44(30-36)42-15-7-9-17-46(42)51(48)40-13-5-2-6-14-40/h1-31H. The van der Waals surface area contributed by atoms with E-state index in [2.05, 4.69) is 173 Å². The lowest BCUT2D eigenvalue weighted by Crippen LogP contribution is -1.94. The fourth-order valence-electron chi connectivity index (χ4n) is 7.90. The van der Waals surface area contributed by atoms with Crippen LogP contribution in [-0.2, 0) is 0 Å². The smallest absolute Gasteiger partial charge is 0.0992 e. The normalized spacial score (nSPS) is 11.4. The molecule has 0 unspecified atom stereocenters. The first-order valence-corrected chi connectivity index (χ1v) is 17.6. The topological polar surface area (TPSA) is 33.6 Å². The third-order valence-electron chi connectivity index (χ3n) is 10.3. The van der Waals surface area contributed by atoms with Crippen molar-refractivity contribution in [3.63, 3.8) is 0 Å². The van der Waals surface area contributed by atoms with Gasteiger partial charge in [-0.05, 0) is 112 Å². The molecule has 52 heavy (non-hydrogen) atoms. The van der Waals surface area contributed by atoms with Gasteiger partial charge in [0.15, 0.2) is 0 Å². The lowest BCUT2D eigenvalue weighted by molar-refractivity contribution is 1.18. The maximum Gasteiger partial charge on any atom is 0.0992 e. The van der Waals surface area contributed by atoms with Gasteiger partial charge in [0, 0.05) is 32.9 Å². The highest BCUT2D eigenvalue weighted by Gasteiger charge is 2.16. The number of benzene rings is 8. The number of fused-ring (bicyclic) bond motifs is 6. The Kier molecular flexibility index (Phi) is 6.87. The molecule has 0 amide bonds. The van der Waals surface area contributed by atoms with Crippen LogP contribution in [0.5, 0.6) is 0 Å². The van der Waals surface area contributed by atoms with Gasteiger partial charge >= 0.3 is 0 Å². The van der Waals surface area contributed by atoms with Gasteiger partial charge in [-0.15, -0.1) is 0 Å². The predicted molar refractivity (Wildman–Crippen MR) is 216 cm³/mol. The molecule has 10 rings (SSSR count). The zero-order valence-electron chi connectivity index (χ0n) is 28.2. The van der Waals surface area contributed by atoms with Crippen molar-refractivity contribution < 1.29 is 0 Å². The lowest BCUT2D eigenvalue weighted by atomic mass is 9.96. The van der Waals surface area contributed by atoms with Crippen molar-refractivity contribution in [1.29, 1.82) is 5.26 Å². The molecule has 10 aromatic rings. The average Bonchev–Trinajstić information content (AvgIpc) is 3.73. The van der Waals surface area contributed by atoms with Crippen LogP contribution in [0.25, 0.3) is 88.4 Å². The van der Waals surface area contributed by atoms with Crippen molar-refractivity contribution in [2.75, 3.05) is 0 Å². The fourth-order valence-corrected chi connectivity index (χ4v) is 7.90. The van der Waals surface area contributed by atoms with Gasteiger partial charge in [-0.25, -0.2) is 0 Å². The predicted octanol–water partition coefficient (Wildman–Crippen LogP) is 12.8. The van der Waals surface area contributed by atoms with E-state index < -0.39 is 0 Å². The van der Waals surface area contributed by atoms with Gasteiger partial charge in [-0.2, -0.15) is 5.26 Å². The number of para-hydroxylation sites is 3. The highest BCUT2D eigenvalue weighted by molar-refractivity contribution is 6.12. The van der Waals surface area contributed by atoms with Gasteiger partial charge in [-0.1, -0.05) is 109 Å². The first kappa shape index (κ1) is 29.7. The van der Waals surface area contributed by atoms with Gasteiger partial charge in [0.05, 0.1) is 33.7 Å². The second kappa shape index (κ2) is 12.0. The summed E-state index contributed by atoms with van der Waals surface area (Å²) >= 11 is 0. The van der Waals surface area contributed by atoms with Crippen LogP contribution in [0, 0.1) is 11.3 Å². The molecule has 0 saturated carbocycles. The molecular weight excluding hydrogens is 631 g/mol. The van der Waals surface area contributed by atoms with E-state index in [1.165, 1.54) is 49.2 Å². The van der Waals surface area contributed by atoms with Gasteiger partial charge in [0.25, 0.3) is 0 Å². The summed E-state index contributed by atoms with van der Waals surface area (Å²) in [6, 6.07) is 69.1. The summed E-state index contributed by atoms with van der Waals surface area (Å²) in [6.45, 7) is 0. The first-order valence-electron chi connectivity index (χ1n) is 17.6. The summed E-state index contributed by atoms with van der Waals surface area (Å²) in [5.74, 6) is 0. The van der Waals surface area contributed by atoms with Crippen LogP contribution in [0.3, 0.4) is 0 Å². The number of rotatable bonds is 5. The molecule has 0 spiro atoms. The van der Waals surface area contributed by atoms with Crippen LogP contribution in [0.1, 0.15) is 5.56 Å². The average molecular weight is 662 g/mol. The second-order valence-corrected chi connectivity index (χ2v) is 13.3. The Bertz CT molecular complexity index is 3000. The Morgan fingerprint density at radius 1 is 0.308 bits per heavy atom. The molecule has 3 heteroatoms. The van der Waals surface area contributed by atoms with Gasteiger partial charge in [0.1, 0.15) is 0 Å². The molecule has 0 N–H and O–H groups in total. The summed E-state index contributed by atoms with van der Waals surface area (Å²) in [4.78, 5) is 0. The summed E-state index contributed by atoms with van der Waals surface area (Å²) in [5, 5.41) is 14.8. The first-order chi connectivity index (χ1) is 25.7. The van der Waals surface area contributed by atoms with E-state index >= 15 is 0 Å². The molecule has 0 fully saturated rings. The van der Waals surface area contributed by atoms with Crippen molar-refractivity contribution in [3.8, 4) is 50.8 Å². The SMILES string of the molecule is N#Cc1cc(-c2ccccc2)cc(-c2ccc(-n3c4ccccc4c4cc(-c5ccc6c(c5)c5ccccc5n6-c5ccccc5)ccc43)cc2)c1. The minimum Gasteiger partial charge on any atom is -0.309 e. The van der Waals surface area contributed by atoms with Crippen molar-refractivity contribution in [2.24, 2.45) is 0 Å². The summed E-state index contributed by atoms with van der Waals surface area (Å²) in [5.41, 5.74) is 14.3. The van der Waals surface area contributed by atoms with Crippen molar-refractivity contribution in [3.05, 3.63) is 194 Å². The number of nitriles is 1. The molecule has 0 atom stereocenters. The summed E-state index contributed by atoms with van der Waals surface area (Å²) in [7, 11) is 0. The van der Waals surface area contributed by atoms with Crippen molar-refractivity contribution in [2.45, 2.75) is 0 Å². The zero-order chi connectivity index (χ0) is 34.6. The minimum atomic E-state index is 0.653. The van der Waals surface area contributed by atoms with E-state index in [4.69, 9.17) is 0 Å². The number of nitrogens with zero attached hydrogens (tertiary/aromatic N) is 3. The Balaban J connectivity index is 1.07. The van der Waals surface area contributed by atoms with Crippen LogP contribution in [0.4, 0.5) is 0 Å². The molecule has 8 aromatic carbocycles. The molecule has 0 bridgehead atoms. The summed E-state index contributed by atoms with van der Waals surface area (Å²) < 4.78 is 4.72. The molecule has 0 aliphatic carbocycles. The van der Waals surface area contributed by atoms with Crippen LogP contribution < -0.4 is 0 Å². The Hall–Kier alpha value is -7.15. The minimum absolute atomic E-state index is 0.653. The molecule has 0 aliphatic heterocycles. The number of hydrogen-bond acceptors (Lipinski definition) is 1. The van der Waals surface area contributed by atoms with E-state index in [1.807, 2.05) is 30.3 Å². The fraction of sp³-hybridized carbons (Fsp3) is 0. The molecule has 0 saturated heterocycles. The second-order valence-electron chi connectivity index (χ2n) is 13.3. The Morgan fingerprint density at radius 2 is 0.731 bits per heavy atom. The monoisotopic (exact) mass is 661 g/mol. The molecule has 0 radical (unpaired) electrons. The molecule has 0 aliphatic rings. The molecule has 2 heterocycles. The van der Waals surface area contributed by atoms with Crippen LogP contribution >= 0.6 is 0 Å². The van der Waals surface area contributed by atoms with Crippen LogP contribution in [0.2, 0.25) is 0 Å². The Labute approximate surface area is 301 Å². The van der Waals surface area contributed by atoms with E-state index in [-0.39, 0.29) is 0 Å². The Morgan fingerprint density at radius 3 is 1.27 bits per heavy atom. The number of hydrogen-bond donors (Lipinski definition) is 0. The van der Waals surface area contributed by atoms with E-state index in [0.717, 1.165) is 39.1 Å². The van der Waals surface area contributed by atoms with Gasteiger partial charge < -0.3 is 9.13 Å². The van der Waals surface area contributed by atoms with Crippen LogP contribution in [0.15, 0.2) is 188 Å². The van der Waals surface area contributed by atoms with Crippen LogP contribution in [-0.4, -0.2) is 9.13 Å². The number of aromatic nitrogens is 2. The molecule has 3 nitrogen and oxygen atoms in total. The maximum atomic E-state index is 9.82. The molecule has 242 valence electrons. The maximum absolute atomic E-state index is 9.82. The largest absolute Gasteiger partial charge is 0.309 e. The van der Waals surface area contributed by atoms with Crippen molar-refractivity contribution >= 4 is 43.6 Å². The highest BCUT2D eigenvalue weighted by Crippen LogP contribution is 2.38. The van der Waals surface area contributed by atoms with E-state index in [1.54, 1.807) is 0 Å². The molecular formula is C49H31N3. The zero-order valence-corrected chi connectivity index (χ0v) is 28.2. The van der Waals surface area contributed by atoms with E-state index in [0.29, 0.717) is 5.56 Å². The van der Waals surface area contributed by atoms with Gasteiger partial charge in [-0.3, -0.25) is 0 Å². The van der Waals surface area contributed by atoms with Crippen molar-refractivity contribution in [1.82, 2.24) is 9.13 Å². The third kappa shape index (κ3) is 4.81. The molecule has 2 aromatic heterocycles.